The Bertz CT molecular complexity index is 1660. The molecule has 1 aliphatic rings. The minimum atomic E-state index is -5.18. The van der Waals surface area contributed by atoms with Crippen LogP contribution in [0.25, 0.3) is 0 Å². The Kier molecular flexibility index (Phi) is 35.7. The zero-order chi connectivity index (χ0) is 49.5. The number of hydrogen-bond donors (Lipinski definition) is 8. The number of phosphoric acid groups is 1. The van der Waals surface area contributed by atoms with Gasteiger partial charge in [0.2, 0.25) is 0 Å². The van der Waals surface area contributed by atoms with Crippen molar-refractivity contribution < 1.29 is 73.3 Å². The van der Waals surface area contributed by atoms with Crippen LogP contribution in [-0.2, 0) is 32.7 Å². The lowest BCUT2D eigenvalue weighted by atomic mass is 9.85. The van der Waals surface area contributed by atoms with Crippen LogP contribution in [0.5, 0.6) is 0 Å². The first-order valence-corrected chi connectivity index (χ1v) is 25.1. The van der Waals surface area contributed by atoms with E-state index in [4.69, 9.17) is 18.5 Å². The number of rotatable bonds is 36. The maximum atomic E-state index is 12.8. The maximum absolute atomic E-state index is 12.8. The normalized spacial score (nSPS) is 23.2. The van der Waals surface area contributed by atoms with E-state index >= 15 is 0 Å². The Morgan fingerprint density at radius 1 is 0.537 bits per heavy atom. The highest BCUT2D eigenvalue weighted by molar-refractivity contribution is 7.47. The number of hydrogen-bond acceptors (Lipinski definition) is 14. The summed E-state index contributed by atoms with van der Waals surface area (Å²) in [7, 11) is -5.18. The number of esters is 2. The summed E-state index contributed by atoms with van der Waals surface area (Å²) < 4.78 is 33.4. The van der Waals surface area contributed by atoms with Gasteiger partial charge in [0.05, 0.1) is 18.8 Å². The van der Waals surface area contributed by atoms with Gasteiger partial charge in [-0.05, 0) is 77.0 Å². The van der Waals surface area contributed by atoms with Gasteiger partial charge in [-0.15, -0.1) is 0 Å². The lowest BCUT2D eigenvalue weighted by molar-refractivity contribution is -0.220. The Balaban J connectivity index is 2.59. The summed E-state index contributed by atoms with van der Waals surface area (Å²) in [5.41, 5.74) is 0. The second-order valence-electron chi connectivity index (χ2n) is 15.9. The number of unbranched alkanes of at least 4 members (excludes halogenated alkanes) is 4. The number of carbonyl (C=O) groups excluding carboxylic acids is 2. The molecule has 0 aromatic heterocycles. The van der Waals surface area contributed by atoms with Crippen molar-refractivity contribution in [3.05, 3.63) is 122 Å². The van der Waals surface area contributed by atoms with Gasteiger partial charge in [0.25, 0.3) is 0 Å². The van der Waals surface area contributed by atoms with Gasteiger partial charge in [-0.25, -0.2) is 4.57 Å². The van der Waals surface area contributed by atoms with Crippen LogP contribution in [0.2, 0.25) is 0 Å². The highest BCUT2D eigenvalue weighted by Crippen LogP contribution is 2.47. The average Bonchev–Trinajstić information content (AvgIpc) is 3.30. The molecule has 0 aromatic rings. The van der Waals surface area contributed by atoms with Gasteiger partial charge in [-0.3, -0.25) is 18.6 Å². The van der Waals surface area contributed by atoms with E-state index in [2.05, 4.69) is 55.5 Å². The lowest BCUT2D eigenvalue weighted by Crippen LogP contribution is -2.64. The Hall–Kier alpha value is -3.83. The minimum Gasteiger partial charge on any atom is -0.462 e. The molecule has 10 atom stereocenters. The molecular formula is C51H79O15P. The molecule has 0 amide bonds. The molecule has 0 aliphatic heterocycles. The summed E-state index contributed by atoms with van der Waals surface area (Å²) in [6.07, 6.45) is 34.5. The van der Waals surface area contributed by atoms with E-state index in [0.29, 0.717) is 25.7 Å². The van der Waals surface area contributed by atoms with Crippen LogP contribution in [0.4, 0.5) is 0 Å². The van der Waals surface area contributed by atoms with Gasteiger partial charge >= 0.3 is 19.8 Å². The zero-order valence-corrected chi connectivity index (χ0v) is 40.2. The number of carbonyl (C=O) groups is 2. The second-order valence-corrected chi connectivity index (χ2v) is 17.3. The summed E-state index contributed by atoms with van der Waals surface area (Å²) >= 11 is 0. The summed E-state index contributed by atoms with van der Waals surface area (Å²) in [4.78, 5) is 35.7. The largest absolute Gasteiger partial charge is 0.472 e. The molecule has 1 fully saturated rings. The van der Waals surface area contributed by atoms with Crippen molar-refractivity contribution in [3.8, 4) is 0 Å². The fraction of sp³-hybridized carbons (Fsp3) is 0.569. The molecule has 15 nitrogen and oxygen atoms in total. The number of allylic oxidation sites excluding steroid dienone is 16. The predicted molar refractivity (Wildman–Crippen MR) is 260 cm³/mol. The molecule has 0 spiro atoms. The highest BCUT2D eigenvalue weighted by Gasteiger charge is 2.51. The summed E-state index contributed by atoms with van der Waals surface area (Å²) in [6, 6.07) is 0. The van der Waals surface area contributed by atoms with Crippen LogP contribution in [-0.4, -0.2) is 121 Å². The minimum absolute atomic E-state index is 0.0926. The van der Waals surface area contributed by atoms with Crippen LogP contribution in [0, 0.1) is 0 Å². The van der Waals surface area contributed by atoms with E-state index < -0.39 is 87.9 Å². The second kappa shape index (κ2) is 39.1. The molecule has 1 saturated carbocycles. The monoisotopic (exact) mass is 963 g/mol. The third-order valence-electron chi connectivity index (χ3n) is 9.98. The first kappa shape index (κ1) is 61.2. The van der Waals surface area contributed by atoms with Crippen LogP contribution < -0.4 is 0 Å². The molecule has 378 valence electrons. The first-order chi connectivity index (χ1) is 32.2. The molecule has 8 N–H and O–H groups in total. The Morgan fingerprint density at radius 2 is 1.00 bits per heavy atom. The van der Waals surface area contributed by atoms with E-state index in [-0.39, 0.29) is 19.3 Å². The van der Waals surface area contributed by atoms with E-state index in [9.17, 15) is 54.8 Å². The summed E-state index contributed by atoms with van der Waals surface area (Å²) in [6.45, 7) is 2.81. The van der Waals surface area contributed by atoms with Gasteiger partial charge in [0.1, 0.15) is 43.2 Å². The maximum Gasteiger partial charge on any atom is 0.472 e. The molecule has 0 heterocycles. The van der Waals surface area contributed by atoms with Crippen molar-refractivity contribution in [2.24, 2.45) is 0 Å². The third-order valence-corrected chi connectivity index (χ3v) is 11.0. The molecular weight excluding hydrogens is 884 g/mol. The summed E-state index contributed by atoms with van der Waals surface area (Å²) in [5.74, 6) is -1.31. The number of aliphatic hydroxyl groups is 7. The van der Waals surface area contributed by atoms with Gasteiger partial charge in [-0.2, -0.15) is 0 Å². The smallest absolute Gasteiger partial charge is 0.462 e. The van der Waals surface area contributed by atoms with Crippen molar-refractivity contribution in [2.75, 3.05) is 13.2 Å². The van der Waals surface area contributed by atoms with Gasteiger partial charge in [0, 0.05) is 12.8 Å². The number of ether oxygens (including phenoxy) is 2. The molecule has 1 rings (SSSR count). The zero-order valence-electron chi connectivity index (χ0n) is 39.4. The molecule has 0 radical (unpaired) electrons. The number of phosphoric ester groups is 1. The molecule has 3 unspecified atom stereocenters. The molecule has 67 heavy (non-hydrogen) atoms. The third kappa shape index (κ3) is 31.8. The fourth-order valence-electron chi connectivity index (χ4n) is 6.18. The van der Waals surface area contributed by atoms with Crippen LogP contribution in [0.3, 0.4) is 0 Å². The van der Waals surface area contributed by atoms with E-state index in [1.807, 2.05) is 37.3 Å². The SMILES string of the molecule is CC/C=C\C/C=C\C/C=C\C/C=C\CCCCCCC(=O)OC[C@H](COP(=O)(O)OC1[C@H](O)[C@H](O)C(O)[C@H](O)[C@H]1O)OC(=O)CC/C=C\C/C=C\C[C@@H](O)/C=C/C=C\C=C\[C@@H](O)C/C=C\CC. The Morgan fingerprint density at radius 3 is 1.57 bits per heavy atom. The standard InChI is InChI=1S/C51H79O15P/c1-3-5-7-8-9-10-11-12-13-14-15-16-17-18-19-23-31-37-44(54)63-39-43(40-64-67(61,62)66-51-49(59)47(57)46(56)48(58)50(51)60)65-45(55)38-32-24-21-20-22-28-34-42(53)36-30-26-25-29-35-41(52)33-27-6-4-2/h5-7,9-10,12-13,15-16,21-22,24-30,35-36,41-43,46-53,56-60H,3-4,8,11,14,17-20,23,31-34,37-40H2,1-2H3,(H,61,62)/b7-5-,10-9-,13-12-,16-15-,24-21-,26-25-,27-6-,28-22-,35-29+,36-30+/t41-,42+,43+,46?,47-,48+,49+,50+,51?/m0/s1. The van der Waals surface area contributed by atoms with E-state index in [0.717, 1.165) is 57.8 Å². The van der Waals surface area contributed by atoms with Crippen molar-refractivity contribution in [1.29, 1.82) is 0 Å². The summed E-state index contributed by atoms with van der Waals surface area (Å²) in [5, 5.41) is 70.2. The molecule has 1 aliphatic carbocycles. The molecule has 0 bridgehead atoms. The van der Waals surface area contributed by atoms with Gasteiger partial charge < -0.3 is 50.1 Å². The highest BCUT2D eigenvalue weighted by atomic mass is 31.2. The number of aliphatic hydroxyl groups excluding tert-OH is 7. The quantitative estimate of drug-likeness (QED) is 0.0101. The molecule has 0 saturated heterocycles. The van der Waals surface area contributed by atoms with Crippen molar-refractivity contribution in [3.63, 3.8) is 0 Å². The van der Waals surface area contributed by atoms with Crippen LogP contribution in [0.1, 0.15) is 117 Å². The van der Waals surface area contributed by atoms with Gasteiger partial charge in [-0.1, -0.05) is 148 Å². The van der Waals surface area contributed by atoms with Crippen molar-refractivity contribution >= 4 is 19.8 Å². The van der Waals surface area contributed by atoms with Crippen LogP contribution >= 0.6 is 7.82 Å². The van der Waals surface area contributed by atoms with Crippen molar-refractivity contribution in [1.82, 2.24) is 0 Å². The average molecular weight is 963 g/mol. The van der Waals surface area contributed by atoms with Crippen LogP contribution in [0.15, 0.2) is 122 Å². The molecule has 0 aromatic carbocycles. The van der Waals surface area contributed by atoms with E-state index in [1.165, 1.54) is 0 Å². The first-order valence-electron chi connectivity index (χ1n) is 23.6. The predicted octanol–water partition coefficient (Wildman–Crippen LogP) is 7.33. The van der Waals surface area contributed by atoms with E-state index in [1.54, 1.807) is 42.5 Å². The Labute approximate surface area is 398 Å². The topological polar surface area (TPSA) is 250 Å². The molecule has 16 heteroatoms. The fourth-order valence-corrected chi connectivity index (χ4v) is 7.16. The lowest BCUT2D eigenvalue weighted by Gasteiger charge is -2.41. The van der Waals surface area contributed by atoms with Gasteiger partial charge in [0.15, 0.2) is 6.10 Å². The van der Waals surface area contributed by atoms with Crippen molar-refractivity contribution in [2.45, 2.75) is 172 Å².